The number of carboxylic acids is 1. The van der Waals surface area contributed by atoms with Crippen LogP contribution in [0.4, 0.5) is 0 Å². The zero-order chi connectivity index (χ0) is 13.9. The molecule has 0 aromatic carbocycles. The lowest BCUT2D eigenvalue weighted by Crippen LogP contribution is -2.46. The van der Waals surface area contributed by atoms with E-state index in [0.29, 0.717) is 12.5 Å². The average molecular weight is 280 g/mol. The summed E-state index contributed by atoms with van der Waals surface area (Å²) in [6.07, 6.45) is 2.56. The van der Waals surface area contributed by atoms with Gasteiger partial charge in [0.05, 0.1) is 13.0 Å². The van der Waals surface area contributed by atoms with Gasteiger partial charge in [0.2, 0.25) is 5.89 Å². The fourth-order valence-electron chi connectivity index (χ4n) is 2.45. The van der Waals surface area contributed by atoms with Crippen molar-refractivity contribution >= 4 is 5.97 Å². The molecule has 1 aliphatic carbocycles. The van der Waals surface area contributed by atoms with Crippen LogP contribution in [0, 0.1) is 0 Å². The third kappa shape index (κ3) is 3.55. The fraction of sp³-hybridized carbons (Fsp3) is 0.769. The summed E-state index contributed by atoms with van der Waals surface area (Å²) in [7, 11) is 0. The highest BCUT2D eigenvalue weighted by atomic mass is 16.5. The number of rotatable bonds is 6. The number of carbonyl (C=O) groups is 1. The van der Waals surface area contributed by atoms with Crippen molar-refractivity contribution in [1.29, 1.82) is 0 Å². The van der Waals surface area contributed by atoms with E-state index in [1.165, 1.54) is 12.8 Å². The van der Waals surface area contributed by atoms with Crippen molar-refractivity contribution in [3.8, 4) is 0 Å². The summed E-state index contributed by atoms with van der Waals surface area (Å²) in [5, 5.41) is 12.7. The molecule has 7 nitrogen and oxygen atoms in total. The van der Waals surface area contributed by atoms with Gasteiger partial charge in [-0.25, -0.2) is 0 Å². The van der Waals surface area contributed by atoms with Crippen LogP contribution in [0.2, 0.25) is 0 Å². The van der Waals surface area contributed by atoms with Gasteiger partial charge in [0, 0.05) is 38.6 Å². The van der Waals surface area contributed by atoms with Crippen LogP contribution in [0.15, 0.2) is 4.52 Å². The normalized spacial score (nSPS) is 21.2. The fourth-order valence-corrected chi connectivity index (χ4v) is 2.45. The first-order chi connectivity index (χ1) is 9.70. The lowest BCUT2D eigenvalue weighted by molar-refractivity contribution is -0.137. The molecule has 1 aromatic rings. The van der Waals surface area contributed by atoms with Gasteiger partial charge in [-0.15, -0.1) is 0 Å². The molecule has 7 heteroatoms. The molecule has 1 aliphatic heterocycles. The Labute approximate surface area is 117 Å². The van der Waals surface area contributed by atoms with Crippen molar-refractivity contribution in [2.75, 3.05) is 32.7 Å². The Bertz CT molecular complexity index is 464. The molecule has 1 saturated heterocycles. The standard InChI is InChI=1S/C13H20N4O3/c18-12(19)3-4-16-5-7-17(8-6-16)9-11-14-13(20-15-11)10-1-2-10/h10H,1-9H2,(H,18,19). The molecule has 2 fully saturated rings. The molecule has 3 rings (SSSR count). The van der Waals surface area contributed by atoms with Crippen molar-refractivity contribution in [3.05, 3.63) is 11.7 Å². The molecular formula is C13H20N4O3. The van der Waals surface area contributed by atoms with Gasteiger partial charge in [-0.2, -0.15) is 4.98 Å². The van der Waals surface area contributed by atoms with Crippen molar-refractivity contribution < 1.29 is 14.4 Å². The monoisotopic (exact) mass is 280 g/mol. The Balaban J connectivity index is 1.42. The Morgan fingerprint density at radius 1 is 1.25 bits per heavy atom. The third-order valence-electron chi connectivity index (χ3n) is 3.88. The number of hydrogen-bond acceptors (Lipinski definition) is 6. The van der Waals surface area contributed by atoms with Gasteiger partial charge in [0.25, 0.3) is 0 Å². The first-order valence-electron chi connectivity index (χ1n) is 7.19. The summed E-state index contributed by atoms with van der Waals surface area (Å²) in [6, 6.07) is 0. The Morgan fingerprint density at radius 3 is 2.60 bits per heavy atom. The Morgan fingerprint density at radius 2 is 1.95 bits per heavy atom. The summed E-state index contributed by atoms with van der Waals surface area (Å²) in [5.41, 5.74) is 0. The van der Waals surface area contributed by atoms with E-state index in [9.17, 15) is 4.79 Å². The third-order valence-corrected chi connectivity index (χ3v) is 3.88. The highest BCUT2D eigenvalue weighted by Crippen LogP contribution is 2.38. The van der Waals surface area contributed by atoms with Crippen molar-refractivity contribution in [2.45, 2.75) is 31.7 Å². The van der Waals surface area contributed by atoms with E-state index in [1.807, 2.05) is 0 Å². The van der Waals surface area contributed by atoms with Gasteiger partial charge in [0.1, 0.15) is 0 Å². The van der Waals surface area contributed by atoms with Crippen LogP contribution in [-0.4, -0.2) is 63.7 Å². The average Bonchev–Trinajstić information content (AvgIpc) is 3.19. The van der Waals surface area contributed by atoms with Gasteiger partial charge in [0.15, 0.2) is 5.82 Å². The second-order valence-corrected chi connectivity index (χ2v) is 5.58. The highest BCUT2D eigenvalue weighted by molar-refractivity contribution is 5.66. The van der Waals surface area contributed by atoms with E-state index < -0.39 is 5.97 Å². The Hall–Kier alpha value is -1.47. The van der Waals surface area contributed by atoms with Crippen LogP contribution < -0.4 is 0 Å². The second kappa shape index (κ2) is 5.88. The van der Waals surface area contributed by atoms with E-state index in [4.69, 9.17) is 9.63 Å². The minimum absolute atomic E-state index is 0.218. The highest BCUT2D eigenvalue weighted by Gasteiger charge is 2.30. The molecule has 1 saturated carbocycles. The van der Waals surface area contributed by atoms with E-state index in [1.54, 1.807) is 0 Å². The predicted molar refractivity (Wildman–Crippen MR) is 70.2 cm³/mol. The maximum atomic E-state index is 10.5. The lowest BCUT2D eigenvalue weighted by Gasteiger charge is -2.33. The SMILES string of the molecule is O=C(O)CCN1CCN(Cc2noc(C3CC3)n2)CC1. The number of aromatic nitrogens is 2. The molecule has 0 amide bonds. The molecule has 2 heterocycles. The largest absolute Gasteiger partial charge is 0.481 e. The van der Waals surface area contributed by atoms with Gasteiger partial charge in [-0.3, -0.25) is 9.69 Å². The molecule has 1 aromatic heterocycles. The van der Waals surface area contributed by atoms with E-state index in [2.05, 4.69) is 19.9 Å². The quantitative estimate of drug-likeness (QED) is 0.814. The van der Waals surface area contributed by atoms with Crippen LogP contribution in [-0.2, 0) is 11.3 Å². The van der Waals surface area contributed by atoms with E-state index in [-0.39, 0.29) is 6.42 Å². The van der Waals surface area contributed by atoms with Gasteiger partial charge < -0.3 is 14.5 Å². The van der Waals surface area contributed by atoms with E-state index >= 15 is 0 Å². The lowest BCUT2D eigenvalue weighted by atomic mass is 10.3. The van der Waals surface area contributed by atoms with Crippen molar-refractivity contribution in [2.24, 2.45) is 0 Å². The maximum absolute atomic E-state index is 10.5. The predicted octanol–water partition coefficient (Wildman–Crippen LogP) is 0.539. The first-order valence-corrected chi connectivity index (χ1v) is 7.19. The smallest absolute Gasteiger partial charge is 0.304 e. The number of nitrogens with zero attached hydrogens (tertiary/aromatic N) is 4. The summed E-state index contributed by atoms with van der Waals surface area (Å²) in [5.74, 6) is 1.34. The van der Waals surface area contributed by atoms with Crippen LogP contribution in [0.5, 0.6) is 0 Å². The molecule has 0 atom stereocenters. The van der Waals surface area contributed by atoms with E-state index in [0.717, 1.165) is 44.4 Å². The topological polar surface area (TPSA) is 82.7 Å². The Kier molecular flexibility index (Phi) is 3.98. The molecule has 0 radical (unpaired) electrons. The van der Waals surface area contributed by atoms with Crippen molar-refractivity contribution in [1.82, 2.24) is 19.9 Å². The maximum Gasteiger partial charge on any atom is 0.304 e. The molecule has 2 aliphatic rings. The number of piperazine rings is 1. The zero-order valence-electron chi connectivity index (χ0n) is 11.5. The number of hydrogen-bond donors (Lipinski definition) is 1. The van der Waals surface area contributed by atoms with Gasteiger partial charge >= 0.3 is 5.97 Å². The molecule has 0 bridgehead atoms. The van der Waals surface area contributed by atoms with Gasteiger partial charge in [-0.1, -0.05) is 5.16 Å². The van der Waals surface area contributed by atoms with Crippen molar-refractivity contribution in [3.63, 3.8) is 0 Å². The van der Waals surface area contributed by atoms with Crippen LogP contribution in [0.1, 0.15) is 36.9 Å². The molecule has 110 valence electrons. The summed E-state index contributed by atoms with van der Waals surface area (Å²) >= 11 is 0. The summed E-state index contributed by atoms with van der Waals surface area (Å²) in [4.78, 5) is 19.5. The van der Waals surface area contributed by atoms with Crippen LogP contribution in [0.25, 0.3) is 0 Å². The molecular weight excluding hydrogens is 260 g/mol. The van der Waals surface area contributed by atoms with Gasteiger partial charge in [-0.05, 0) is 12.8 Å². The summed E-state index contributed by atoms with van der Waals surface area (Å²) in [6.45, 7) is 5.02. The second-order valence-electron chi connectivity index (χ2n) is 5.58. The number of carboxylic acid groups (broad SMARTS) is 1. The molecule has 1 N–H and O–H groups in total. The molecule has 0 spiro atoms. The summed E-state index contributed by atoms with van der Waals surface area (Å²) < 4.78 is 5.25. The van der Waals surface area contributed by atoms with Crippen LogP contribution in [0.3, 0.4) is 0 Å². The van der Waals surface area contributed by atoms with Crippen LogP contribution >= 0.6 is 0 Å². The first kappa shape index (κ1) is 13.5. The molecule has 20 heavy (non-hydrogen) atoms. The number of aliphatic carboxylic acids is 1. The minimum atomic E-state index is -0.730. The zero-order valence-corrected chi connectivity index (χ0v) is 11.5. The molecule has 0 unspecified atom stereocenters. The minimum Gasteiger partial charge on any atom is -0.481 e.